The standard InChI is InChI=1S/C21H17ClN2O4.C20H17ClN4O3/c22-16-4-2-1-3-15(16)17-9-10-18(21(26)27)24(17)20(25)14-7-5-13(6-8-14)19-11-12-23-28-19;21-16-4-2-1-3-15(16)17-9-10-18(20(27)28)25(17)19(26)13-5-7-14(8-6-13)24-11-22-23-12-24/h1-8,11-12,17-18H,9-10H2,(H,26,27);1-8,11-12,17-18H,9-10H2,(H,27,28)/t2*17-,18+/m11/s1. The highest BCUT2D eigenvalue weighted by Gasteiger charge is 2.44. The van der Waals surface area contributed by atoms with Gasteiger partial charge in [0.1, 0.15) is 24.7 Å². The molecule has 15 heteroatoms. The van der Waals surface area contributed by atoms with Gasteiger partial charge in [0.15, 0.2) is 5.76 Å². The van der Waals surface area contributed by atoms with E-state index < -0.39 is 24.0 Å². The lowest BCUT2D eigenvalue weighted by Gasteiger charge is -2.29. The largest absolute Gasteiger partial charge is 0.480 e. The topological polar surface area (TPSA) is 172 Å². The number of benzene rings is 4. The van der Waals surface area contributed by atoms with E-state index in [1.165, 1.54) is 9.80 Å². The van der Waals surface area contributed by atoms with Crippen molar-refractivity contribution in [2.75, 3.05) is 0 Å². The normalized spacial score (nSPS) is 19.0. The number of hydrogen-bond donors (Lipinski definition) is 2. The maximum atomic E-state index is 13.2. The van der Waals surface area contributed by atoms with Crippen LogP contribution in [-0.4, -0.2) is 75.8 Å². The molecule has 0 radical (unpaired) electrons. The fourth-order valence-corrected chi connectivity index (χ4v) is 7.85. The van der Waals surface area contributed by atoms with Crippen LogP contribution in [0.15, 0.2) is 127 Å². The zero-order valence-electron chi connectivity index (χ0n) is 29.6. The Morgan fingerprint density at radius 1 is 0.607 bits per heavy atom. The molecule has 6 aromatic rings. The van der Waals surface area contributed by atoms with Gasteiger partial charge in [-0.1, -0.05) is 76.9 Å². The first-order valence-corrected chi connectivity index (χ1v) is 18.4. The molecule has 0 saturated carbocycles. The Morgan fingerprint density at radius 2 is 1.07 bits per heavy atom. The first-order chi connectivity index (χ1) is 27.1. The van der Waals surface area contributed by atoms with Gasteiger partial charge in [-0.15, -0.1) is 10.2 Å². The number of carboxylic acid groups (broad SMARTS) is 2. The minimum absolute atomic E-state index is 0.329. The molecule has 8 rings (SSSR count). The van der Waals surface area contributed by atoms with Crippen molar-refractivity contribution in [1.82, 2.24) is 29.7 Å². The molecule has 2 amide bonds. The number of rotatable bonds is 8. The van der Waals surface area contributed by atoms with Gasteiger partial charge in [-0.2, -0.15) is 0 Å². The number of nitrogens with zero attached hydrogens (tertiary/aromatic N) is 6. The number of aromatic nitrogens is 4. The average Bonchev–Trinajstić information content (AvgIpc) is 4.06. The number of hydrogen-bond acceptors (Lipinski definition) is 8. The van der Waals surface area contributed by atoms with E-state index in [-0.39, 0.29) is 23.9 Å². The van der Waals surface area contributed by atoms with Crippen LogP contribution in [0.4, 0.5) is 0 Å². The van der Waals surface area contributed by atoms with E-state index in [2.05, 4.69) is 15.4 Å². The fourth-order valence-electron chi connectivity index (χ4n) is 7.32. The van der Waals surface area contributed by atoms with E-state index >= 15 is 0 Å². The van der Waals surface area contributed by atoms with E-state index in [0.717, 1.165) is 22.4 Å². The van der Waals surface area contributed by atoms with E-state index in [0.29, 0.717) is 52.6 Å². The molecule has 0 aliphatic carbocycles. The first kappa shape index (κ1) is 38.0. The van der Waals surface area contributed by atoms with E-state index in [1.807, 2.05) is 36.4 Å². The number of carbonyl (C=O) groups excluding carboxylic acids is 2. The molecular formula is C41H34Cl2N6O7. The SMILES string of the molecule is O=C(O)[C@@H]1CC[C@H](c2ccccc2Cl)N1C(=O)c1ccc(-c2ccno2)cc1.O=C(O)[C@@H]1CC[C@H](c2ccccc2Cl)N1C(=O)c1ccc(-n2cnnc2)cc1. The Hall–Kier alpha value is -6.31. The maximum absolute atomic E-state index is 13.2. The van der Waals surface area contributed by atoms with Crippen LogP contribution in [0.3, 0.4) is 0 Å². The second kappa shape index (κ2) is 16.6. The molecule has 2 aliphatic heterocycles. The second-order valence-electron chi connectivity index (χ2n) is 13.2. The summed E-state index contributed by atoms with van der Waals surface area (Å²) in [4.78, 5) is 52.9. The second-order valence-corrected chi connectivity index (χ2v) is 14.0. The molecule has 4 heterocycles. The summed E-state index contributed by atoms with van der Waals surface area (Å²) >= 11 is 12.6. The van der Waals surface area contributed by atoms with E-state index in [4.69, 9.17) is 27.7 Å². The van der Waals surface area contributed by atoms with Gasteiger partial charge in [-0.05, 0) is 85.3 Å². The van der Waals surface area contributed by atoms with Crippen molar-refractivity contribution in [2.24, 2.45) is 0 Å². The Bertz CT molecular complexity index is 2170. The highest BCUT2D eigenvalue weighted by molar-refractivity contribution is 6.31. The minimum Gasteiger partial charge on any atom is -0.480 e. The van der Waals surface area contributed by atoms with Gasteiger partial charge < -0.3 is 24.5 Å². The Kier molecular flexibility index (Phi) is 11.3. The number of amides is 2. The number of carboxylic acids is 2. The third-order valence-electron chi connectivity index (χ3n) is 10.0. The summed E-state index contributed by atoms with van der Waals surface area (Å²) < 4.78 is 6.84. The van der Waals surface area contributed by atoms with Gasteiger partial charge in [0, 0.05) is 38.5 Å². The van der Waals surface area contributed by atoms with E-state index in [9.17, 15) is 29.4 Å². The van der Waals surface area contributed by atoms with Crippen molar-refractivity contribution in [1.29, 1.82) is 0 Å². The van der Waals surface area contributed by atoms with Crippen LogP contribution in [0.5, 0.6) is 0 Å². The summed E-state index contributed by atoms with van der Waals surface area (Å²) in [5, 5.41) is 31.5. The van der Waals surface area contributed by atoms with Gasteiger partial charge >= 0.3 is 11.9 Å². The quantitative estimate of drug-likeness (QED) is 0.155. The predicted molar refractivity (Wildman–Crippen MR) is 205 cm³/mol. The lowest BCUT2D eigenvalue weighted by atomic mass is 10.0. The summed E-state index contributed by atoms with van der Waals surface area (Å²) in [6.07, 6.45) is 6.53. The van der Waals surface area contributed by atoms with Gasteiger partial charge in [-0.3, -0.25) is 14.2 Å². The third kappa shape index (κ3) is 7.77. The van der Waals surface area contributed by atoms with E-state index in [1.54, 1.807) is 90.1 Å². The first-order valence-electron chi connectivity index (χ1n) is 17.7. The Labute approximate surface area is 330 Å². The number of likely N-dealkylation sites (tertiary alicyclic amines) is 2. The molecule has 0 spiro atoms. The minimum atomic E-state index is -1.01. The summed E-state index contributed by atoms with van der Waals surface area (Å²) in [5.41, 5.74) is 3.95. The average molecular weight is 794 g/mol. The Balaban J connectivity index is 0.000000172. The summed E-state index contributed by atoms with van der Waals surface area (Å²) in [6.45, 7) is 0. The molecule has 56 heavy (non-hydrogen) atoms. The molecule has 0 bridgehead atoms. The van der Waals surface area contributed by atoms with Crippen LogP contribution in [0, 0.1) is 0 Å². The van der Waals surface area contributed by atoms with Crippen LogP contribution in [0.1, 0.15) is 69.6 Å². The number of halogens is 2. The highest BCUT2D eigenvalue weighted by Crippen LogP contribution is 2.41. The number of aliphatic carboxylic acids is 2. The van der Waals surface area contributed by atoms with Crippen molar-refractivity contribution in [2.45, 2.75) is 49.9 Å². The molecule has 4 aromatic carbocycles. The van der Waals surface area contributed by atoms with Crippen molar-refractivity contribution in [3.63, 3.8) is 0 Å². The fraction of sp³-hybridized carbons (Fsp3) is 0.195. The summed E-state index contributed by atoms with van der Waals surface area (Å²) in [5.74, 6) is -2.09. The molecule has 4 atom stereocenters. The third-order valence-corrected chi connectivity index (χ3v) is 10.7. The van der Waals surface area contributed by atoms with Gasteiger partial charge in [-0.25, -0.2) is 9.59 Å². The molecule has 2 saturated heterocycles. The molecule has 2 aliphatic rings. The van der Waals surface area contributed by atoms with Crippen LogP contribution in [0.2, 0.25) is 10.0 Å². The summed E-state index contributed by atoms with van der Waals surface area (Å²) in [7, 11) is 0. The van der Waals surface area contributed by atoms with Crippen molar-refractivity contribution in [3.8, 4) is 17.0 Å². The van der Waals surface area contributed by atoms with Crippen LogP contribution < -0.4 is 0 Å². The van der Waals surface area contributed by atoms with Crippen molar-refractivity contribution < 1.29 is 33.9 Å². The zero-order valence-corrected chi connectivity index (χ0v) is 31.1. The molecule has 0 unspecified atom stereocenters. The lowest BCUT2D eigenvalue weighted by Crippen LogP contribution is -2.41. The van der Waals surface area contributed by atoms with Crippen molar-refractivity contribution in [3.05, 3.63) is 154 Å². The zero-order chi connectivity index (χ0) is 39.3. The monoisotopic (exact) mass is 792 g/mol. The lowest BCUT2D eigenvalue weighted by molar-refractivity contribution is -0.142. The number of carbonyl (C=O) groups is 4. The Morgan fingerprint density at radius 3 is 1.50 bits per heavy atom. The van der Waals surface area contributed by atoms with Crippen LogP contribution in [-0.2, 0) is 9.59 Å². The van der Waals surface area contributed by atoms with Gasteiger partial charge in [0.25, 0.3) is 11.8 Å². The highest BCUT2D eigenvalue weighted by atomic mass is 35.5. The molecule has 13 nitrogen and oxygen atoms in total. The predicted octanol–water partition coefficient (Wildman–Crippen LogP) is 7.78. The molecule has 2 N–H and O–H groups in total. The molecule has 2 fully saturated rings. The van der Waals surface area contributed by atoms with Gasteiger partial charge in [0.2, 0.25) is 0 Å². The summed E-state index contributed by atoms with van der Waals surface area (Å²) in [6, 6.07) is 27.4. The molecule has 2 aromatic heterocycles. The van der Waals surface area contributed by atoms with Gasteiger partial charge in [0.05, 0.1) is 18.3 Å². The van der Waals surface area contributed by atoms with Crippen molar-refractivity contribution >= 4 is 47.0 Å². The van der Waals surface area contributed by atoms with Crippen LogP contribution >= 0.6 is 23.2 Å². The molecule has 284 valence electrons. The molecular weight excluding hydrogens is 759 g/mol. The smallest absolute Gasteiger partial charge is 0.326 e. The van der Waals surface area contributed by atoms with Crippen LogP contribution in [0.25, 0.3) is 17.0 Å². The maximum Gasteiger partial charge on any atom is 0.326 e.